The van der Waals surface area contributed by atoms with Crippen LogP contribution >= 0.6 is 0 Å². The Labute approximate surface area is 122 Å². The van der Waals surface area contributed by atoms with Crippen LogP contribution in [-0.4, -0.2) is 58.0 Å². The van der Waals surface area contributed by atoms with E-state index < -0.39 is 17.9 Å². The number of carboxylic acid groups (broad SMARTS) is 1. The highest BCUT2D eigenvalue weighted by atomic mass is 16.5. The van der Waals surface area contributed by atoms with Crippen molar-refractivity contribution >= 4 is 12.0 Å². The number of ether oxygens (including phenoxy) is 1. The van der Waals surface area contributed by atoms with Gasteiger partial charge in [0.15, 0.2) is 0 Å². The van der Waals surface area contributed by atoms with Gasteiger partial charge in [0.05, 0.1) is 31.5 Å². The van der Waals surface area contributed by atoms with Crippen LogP contribution in [0.15, 0.2) is 12.4 Å². The normalized spacial score (nSPS) is 22.8. The molecule has 2 heterocycles. The number of aromatic nitrogens is 2. The number of aliphatic carboxylic acids is 1. The third-order valence-corrected chi connectivity index (χ3v) is 3.73. The minimum atomic E-state index is -0.938. The van der Waals surface area contributed by atoms with E-state index in [1.165, 1.54) is 4.90 Å². The number of likely N-dealkylation sites (N-methyl/N-ethyl adjacent to an activating group) is 1. The zero-order chi connectivity index (χ0) is 15.4. The monoisotopic (exact) mass is 296 g/mol. The summed E-state index contributed by atoms with van der Waals surface area (Å²) < 4.78 is 5.22. The number of nitrogens with zero attached hydrogens (tertiary/aromatic N) is 2. The van der Waals surface area contributed by atoms with Crippen molar-refractivity contribution < 1.29 is 19.4 Å². The Morgan fingerprint density at radius 2 is 2.38 bits per heavy atom. The molecular weight excluding hydrogens is 276 g/mol. The lowest BCUT2D eigenvalue weighted by atomic mass is 10.0. The van der Waals surface area contributed by atoms with Crippen LogP contribution in [0.4, 0.5) is 4.79 Å². The van der Waals surface area contributed by atoms with E-state index in [0.29, 0.717) is 6.54 Å². The van der Waals surface area contributed by atoms with Gasteiger partial charge in [-0.15, -0.1) is 0 Å². The first-order chi connectivity index (χ1) is 10.0. The van der Waals surface area contributed by atoms with Gasteiger partial charge in [0.2, 0.25) is 0 Å². The molecule has 0 spiro atoms. The molecule has 8 nitrogen and oxygen atoms in total. The number of aromatic amines is 1. The second-order valence-electron chi connectivity index (χ2n) is 5.04. The number of carbonyl (C=O) groups excluding carboxylic acids is 1. The average Bonchev–Trinajstić information content (AvgIpc) is 3.10. The fourth-order valence-corrected chi connectivity index (χ4v) is 2.46. The van der Waals surface area contributed by atoms with Gasteiger partial charge in [-0.05, 0) is 13.8 Å². The predicted molar refractivity (Wildman–Crippen MR) is 73.6 cm³/mol. The Balaban J connectivity index is 2.03. The van der Waals surface area contributed by atoms with Crippen molar-refractivity contribution in [2.75, 3.05) is 19.8 Å². The lowest BCUT2D eigenvalue weighted by molar-refractivity contribution is -0.142. The molecule has 0 aliphatic carbocycles. The van der Waals surface area contributed by atoms with Crippen molar-refractivity contribution in [3.05, 3.63) is 18.0 Å². The van der Waals surface area contributed by atoms with Crippen molar-refractivity contribution in [2.45, 2.75) is 25.9 Å². The van der Waals surface area contributed by atoms with E-state index in [1.807, 2.05) is 13.8 Å². The van der Waals surface area contributed by atoms with Gasteiger partial charge >= 0.3 is 12.0 Å². The molecule has 1 aliphatic rings. The molecule has 1 aromatic rings. The Morgan fingerprint density at radius 3 is 2.95 bits per heavy atom. The molecule has 1 aliphatic heterocycles. The van der Waals surface area contributed by atoms with E-state index in [-0.39, 0.29) is 25.3 Å². The maximum absolute atomic E-state index is 12.4. The highest BCUT2D eigenvalue weighted by molar-refractivity contribution is 5.77. The second-order valence-corrected chi connectivity index (χ2v) is 5.04. The van der Waals surface area contributed by atoms with Crippen LogP contribution in [0.1, 0.15) is 25.5 Å². The van der Waals surface area contributed by atoms with Crippen LogP contribution in [0, 0.1) is 5.92 Å². The summed E-state index contributed by atoms with van der Waals surface area (Å²) in [6, 6.07) is -0.951. The van der Waals surface area contributed by atoms with Crippen LogP contribution in [0.3, 0.4) is 0 Å². The van der Waals surface area contributed by atoms with Crippen LogP contribution in [0.25, 0.3) is 0 Å². The molecular formula is C13H20N4O4. The highest BCUT2D eigenvalue weighted by Gasteiger charge is 2.39. The first-order valence-corrected chi connectivity index (χ1v) is 6.91. The molecule has 3 N–H and O–H groups in total. The molecule has 3 unspecified atom stereocenters. The second kappa shape index (κ2) is 6.57. The van der Waals surface area contributed by atoms with Crippen molar-refractivity contribution in [1.29, 1.82) is 0 Å². The summed E-state index contributed by atoms with van der Waals surface area (Å²) >= 11 is 0. The van der Waals surface area contributed by atoms with E-state index in [0.717, 1.165) is 5.56 Å². The van der Waals surface area contributed by atoms with Gasteiger partial charge in [0.25, 0.3) is 0 Å². The average molecular weight is 296 g/mol. The van der Waals surface area contributed by atoms with Crippen LogP contribution in [0.5, 0.6) is 0 Å². The number of hydrogen-bond donors (Lipinski definition) is 3. The quantitative estimate of drug-likeness (QED) is 0.737. The van der Waals surface area contributed by atoms with E-state index in [2.05, 4.69) is 15.5 Å². The lowest BCUT2D eigenvalue weighted by Crippen LogP contribution is -2.50. The molecule has 2 amide bonds. The number of amides is 2. The first kappa shape index (κ1) is 15.3. The zero-order valence-electron chi connectivity index (χ0n) is 12.1. The topological polar surface area (TPSA) is 108 Å². The van der Waals surface area contributed by atoms with Crippen molar-refractivity contribution in [3.8, 4) is 0 Å². The van der Waals surface area contributed by atoms with E-state index >= 15 is 0 Å². The lowest BCUT2D eigenvalue weighted by Gasteiger charge is -2.30. The molecule has 0 radical (unpaired) electrons. The summed E-state index contributed by atoms with van der Waals surface area (Å²) in [6.45, 7) is 4.47. The summed E-state index contributed by atoms with van der Waals surface area (Å²) in [5.74, 6) is -1.62. The highest BCUT2D eigenvalue weighted by Crippen LogP contribution is 2.21. The van der Waals surface area contributed by atoms with Gasteiger partial charge in [-0.25, -0.2) is 4.79 Å². The molecule has 8 heteroatoms. The zero-order valence-corrected chi connectivity index (χ0v) is 12.1. The molecule has 0 bridgehead atoms. The number of carbonyl (C=O) groups is 2. The smallest absolute Gasteiger partial charge is 0.318 e. The minimum absolute atomic E-state index is 0.140. The third-order valence-electron chi connectivity index (χ3n) is 3.73. The Hall–Kier alpha value is -2.09. The fourth-order valence-electron chi connectivity index (χ4n) is 2.46. The van der Waals surface area contributed by atoms with E-state index in [4.69, 9.17) is 4.74 Å². The predicted octanol–water partition coefficient (Wildman–Crippen LogP) is 0.602. The Kier molecular flexibility index (Phi) is 4.79. The summed E-state index contributed by atoms with van der Waals surface area (Å²) in [7, 11) is 0. The van der Waals surface area contributed by atoms with Gasteiger partial charge < -0.3 is 20.1 Å². The Bertz CT molecular complexity index is 490. The largest absolute Gasteiger partial charge is 0.481 e. The molecule has 21 heavy (non-hydrogen) atoms. The standard InChI is InChI=1S/C13H20N4O4/c1-3-17(11-7-21-6-10(11)12(18)19)13(20)16-8(2)9-4-14-15-5-9/h4-5,8,10-11H,3,6-7H2,1-2H3,(H,14,15)(H,16,20)(H,18,19). The number of rotatable bonds is 5. The Morgan fingerprint density at radius 1 is 1.62 bits per heavy atom. The number of H-pyrrole nitrogens is 1. The summed E-state index contributed by atoms with van der Waals surface area (Å²) in [6.07, 6.45) is 3.35. The van der Waals surface area contributed by atoms with Crippen LogP contribution in [-0.2, 0) is 9.53 Å². The fraction of sp³-hybridized carbons (Fsp3) is 0.615. The number of nitrogens with one attached hydrogen (secondary N) is 2. The number of urea groups is 1. The molecule has 2 rings (SSSR count). The van der Waals surface area contributed by atoms with Gasteiger partial charge in [0, 0.05) is 18.3 Å². The van der Waals surface area contributed by atoms with Crippen LogP contribution < -0.4 is 5.32 Å². The van der Waals surface area contributed by atoms with Crippen molar-refractivity contribution in [2.24, 2.45) is 5.92 Å². The van der Waals surface area contributed by atoms with E-state index in [1.54, 1.807) is 12.4 Å². The molecule has 1 aromatic heterocycles. The number of carboxylic acids is 1. The maximum Gasteiger partial charge on any atom is 0.318 e. The SMILES string of the molecule is CCN(C(=O)NC(C)c1cn[nH]c1)C1COCC1C(=O)O. The van der Waals surface area contributed by atoms with Gasteiger partial charge in [-0.3, -0.25) is 9.89 Å². The van der Waals surface area contributed by atoms with E-state index in [9.17, 15) is 14.7 Å². The summed E-state index contributed by atoms with van der Waals surface area (Å²) in [5, 5.41) is 18.6. The summed E-state index contributed by atoms with van der Waals surface area (Å²) in [4.78, 5) is 25.1. The van der Waals surface area contributed by atoms with Crippen molar-refractivity contribution in [3.63, 3.8) is 0 Å². The molecule has 0 aromatic carbocycles. The molecule has 116 valence electrons. The first-order valence-electron chi connectivity index (χ1n) is 6.91. The van der Waals surface area contributed by atoms with Gasteiger partial charge in [-0.1, -0.05) is 0 Å². The van der Waals surface area contributed by atoms with Gasteiger partial charge in [0.1, 0.15) is 5.92 Å². The van der Waals surface area contributed by atoms with Crippen LogP contribution in [0.2, 0.25) is 0 Å². The van der Waals surface area contributed by atoms with Gasteiger partial charge in [-0.2, -0.15) is 5.10 Å². The minimum Gasteiger partial charge on any atom is -0.481 e. The third kappa shape index (κ3) is 3.33. The molecule has 1 saturated heterocycles. The molecule has 0 saturated carbocycles. The summed E-state index contributed by atoms with van der Waals surface area (Å²) in [5.41, 5.74) is 0.858. The molecule has 3 atom stereocenters. The maximum atomic E-state index is 12.4. The number of hydrogen-bond acceptors (Lipinski definition) is 4. The van der Waals surface area contributed by atoms with Crippen molar-refractivity contribution in [1.82, 2.24) is 20.4 Å². The molecule has 1 fully saturated rings.